The van der Waals surface area contributed by atoms with Crippen LogP contribution in [-0.2, 0) is 6.61 Å². The van der Waals surface area contributed by atoms with Gasteiger partial charge in [0.1, 0.15) is 6.61 Å². The third-order valence-corrected chi connectivity index (χ3v) is 5.79. The molecule has 4 aromatic rings. The molecule has 0 aliphatic rings. The van der Waals surface area contributed by atoms with Crippen LogP contribution in [0.3, 0.4) is 0 Å². The minimum absolute atomic E-state index is 0.0159. The summed E-state index contributed by atoms with van der Waals surface area (Å²) in [5, 5.41) is 23.5. The lowest BCUT2D eigenvalue weighted by Crippen LogP contribution is -2.14. The van der Waals surface area contributed by atoms with Gasteiger partial charge in [-0.3, -0.25) is 20.2 Å². The van der Waals surface area contributed by atoms with Crippen LogP contribution in [-0.4, -0.2) is 28.5 Å². The summed E-state index contributed by atoms with van der Waals surface area (Å²) in [6.07, 6.45) is 1.78. The first-order valence-corrected chi connectivity index (χ1v) is 10.7. The summed E-state index contributed by atoms with van der Waals surface area (Å²) in [5.74, 6) is 0.0453. The van der Waals surface area contributed by atoms with Crippen molar-refractivity contribution in [1.82, 2.24) is 4.98 Å². The highest BCUT2D eigenvalue weighted by Gasteiger charge is 2.26. The number of rotatable bonds is 9. The predicted octanol–water partition coefficient (Wildman–Crippen LogP) is 5.73. The molecular weight excluding hydrogens is 462 g/mol. The van der Waals surface area contributed by atoms with Crippen molar-refractivity contribution in [3.8, 4) is 11.5 Å². The molecule has 0 radical (unpaired) electrons. The SMILES string of the molecule is COc1cc([C@@H](C[N+](=O)[O-])c2c[nH]c3ccccc23)cc(Cl)c1OCc1ccc([N+](=O)[O-])cc1. The Balaban J connectivity index is 1.66. The second-order valence-electron chi connectivity index (χ2n) is 7.60. The van der Waals surface area contributed by atoms with E-state index in [1.807, 2.05) is 24.3 Å². The van der Waals surface area contributed by atoms with Gasteiger partial charge in [-0.25, -0.2) is 0 Å². The maximum atomic E-state index is 11.5. The van der Waals surface area contributed by atoms with Crippen molar-refractivity contribution in [2.75, 3.05) is 13.7 Å². The number of H-pyrrole nitrogens is 1. The van der Waals surface area contributed by atoms with Crippen LogP contribution in [0.15, 0.2) is 66.9 Å². The van der Waals surface area contributed by atoms with Crippen molar-refractivity contribution >= 4 is 28.2 Å². The first-order chi connectivity index (χ1) is 16.4. The van der Waals surface area contributed by atoms with Gasteiger partial charge in [0.05, 0.1) is 23.0 Å². The van der Waals surface area contributed by atoms with Crippen molar-refractivity contribution in [3.63, 3.8) is 0 Å². The molecule has 34 heavy (non-hydrogen) atoms. The van der Waals surface area contributed by atoms with E-state index in [2.05, 4.69) is 4.98 Å². The third kappa shape index (κ3) is 4.79. The molecule has 0 saturated carbocycles. The van der Waals surface area contributed by atoms with Gasteiger partial charge in [0.25, 0.3) is 5.69 Å². The number of benzene rings is 3. The zero-order valence-electron chi connectivity index (χ0n) is 18.1. The quantitative estimate of drug-likeness (QED) is 0.241. The molecule has 10 heteroatoms. The van der Waals surface area contributed by atoms with Gasteiger partial charge in [0, 0.05) is 34.2 Å². The van der Waals surface area contributed by atoms with Gasteiger partial charge in [-0.15, -0.1) is 0 Å². The van der Waals surface area contributed by atoms with Gasteiger partial charge in [0.15, 0.2) is 11.5 Å². The third-order valence-electron chi connectivity index (χ3n) is 5.51. The average Bonchev–Trinajstić information content (AvgIpc) is 3.25. The summed E-state index contributed by atoms with van der Waals surface area (Å²) in [5.41, 5.74) is 2.97. The summed E-state index contributed by atoms with van der Waals surface area (Å²) < 4.78 is 11.3. The van der Waals surface area contributed by atoms with Crippen molar-refractivity contribution in [1.29, 1.82) is 0 Å². The van der Waals surface area contributed by atoms with Crippen molar-refractivity contribution < 1.29 is 19.3 Å². The predicted molar refractivity (Wildman–Crippen MR) is 127 cm³/mol. The van der Waals surface area contributed by atoms with Crippen molar-refractivity contribution in [3.05, 3.63) is 109 Å². The molecule has 0 aliphatic heterocycles. The van der Waals surface area contributed by atoms with Crippen LogP contribution in [0.25, 0.3) is 10.9 Å². The molecule has 0 fully saturated rings. The number of non-ortho nitro benzene ring substituents is 1. The van der Waals surface area contributed by atoms with Crippen LogP contribution >= 0.6 is 11.6 Å². The Morgan fingerprint density at radius 2 is 1.79 bits per heavy atom. The number of nitrogens with zero attached hydrogens (tertiary/aromatic N) is 2. The van der Waals surface area contributed by atoms with E-state index in [0.29, 0.717) is 16.9 Å². The summed E-state index contributed by atoms with van der Waals surface area (Å²) in [4.78, 5) is 24.7. The van der Waals surface area contributed by atoms with E-state index >= 15 is 0 Å². The maximum Gasteiger partial charge on any atom is 0.269 e. The van der Waals surface area contributed by atoms with Crippen LogP contribution in [0.1, 0.15) is 22.6 Å². The van der Waals surface area contributed by atoms with Crippen LogP contribution in [0.5, 0.6) is 11.5 Å². The number of para-hydroxylation sites is 1. The minimum Gasteiger partial charge on any atom is -0.493 e. The summed E-state index contributed by atoms with van der Waals surface area (Å²) >= 11 is 6.53. The van der Waals surface area contributed by atoms with Crippen LogP contribution in [0, 0.1) is 20.2 Å². The topological polar surface area (TPSA) is 121 Å². The van der Waals surface area contributed by atoms with E-state index in [4.69, 9.17) is 21.1 Å². The summed E-state index contributed by atoms with van der Waals surface area (Å²) in [6.45, 7) is -0.224. The molecule has 1 heterocycles. The number of nitrogens with one attached hydrogen (secondary N) is 1. The molecule has 4 rings (SSSR count). The first kappa shape index (κ1) is 23.1. The number of hydrogen-bond donors (Lipinski definition) is 1. The van der Waals surface area contributed by atoms with Gasteiger partial charge < -0.3 is 14.5 Å². The molecule has 1 N–H and O–H groups in total. The van der Waals surface area contributed by atoms with Gasteiger partial charge >= 0.3 is 0 Å². The second kappa shape index (κ2) is 9.80. The Hall–Kier alpha value is -4.11. The second-order valence-corrected chi connectivity index (χ2v) is 8.01. The molecule has 0 unspecified atom stereocenters. The molecular formula is C24H20ClN3O6. The molecule has 3 aromatic carbocycles. The number of methoxy groups -OCH3 is 1. The number of halogens is 1. The normalized spacial score (nSPS) is 11.8. The Morgan fingerprint density at radius 3 is 2.47 bits per heavy atom. The van der Waals surface area contributed by atoms with Gasteiger partial charge in [-0.1, -0.05) is 29.8 Å². The Morgan fingerprint density at radius 1 is 1.06 bits per heavy atom. The number of fused-ring (bicyclic) bond motifs is 1. The first-order valence-electron chi connectivity index (χ1n) is 10.3. The van der Waals surface area contributed by atoms with Gasteiger partial charge in [-0.05, 0) is 47.0 Å². The average molecular weight is 482 g/mol. The molecule has 1 atom stereocenters. The van der Waals surface area contributed by atoms with Crippen LogP contribution in [0.4, 0.5) is 5.69 Å². The number of ether oxygens (including phenoxy) is 2. The Labute approximate surface area is 199 Å². The van der Waals surface area contributed by atoms with E-state index in [9.17, 15) is 20.2 Å². The fourth-order valence-corrected chi connectivity index (χ4v) is 4.14. The Kier molecular flexibility index (Phi) is 6.65. The van der Waals surface area contributed by atoms with Crippen molar-refractivity contribution in [2.24, 2.45) is 0 Å². The van der Waals surface area contributed by atoms with Crippen LogP contribution in [0.2, 0.25) is 5.02 Å². The van der Waals surface area contributed by atoms with E-state index in [0.717, 1.165) is 16.5 Å². The number of nitro benzene ring substituents is 1. The highest BCUT2D eigenvalue weighted by atomic mass is 35.5. The van der Waals surface area contributed by atoms with Crippen LogP contribution < -0.4 is 9.47 Å². The van der Waals surface area contributed by atoms with Gasteiger partial charge in [0.2, 0.25) is 6.54 Å². The van der Waals surface area contributed by atoms with E-state index < -0.39 is 10.8 Å². The number of aromatic amines is 1. The molecule has 0 aliphatic carbocycles. The van der Waals surface area contributed by atoms with E-state index in [1.54, 1.807) is 30.5 Å². The standard InChI is InChI=1S/C24H20ClN3O6/c1-33-23-11-16(20(13-27(29)30)19-12-26-22-5-3-2-4-18(19)22)10-21(25)24(23)34-14-15-6-8-17(9-7-15)28(31)32/h2-12,20,26H,13-14H2,1H3/t20-/m1/s1. The molecule has 1 aromatic heterocycles. The van der Waals surface area contributed by atoms with Gasteiger partial charge in [-0.2, -0.15) is 0 Å². The number of aromatic nitrogens is 1. The molecule has 9 nitrogen and oxygen atoms in total. The summed E-state index contributed by atoms with van der Waals surface area (Å²) in [7, 11) is 1.46. The monoisotopic (exact) mass is 481 g/mol. The smallest absolute Gasteiger partial charge is 0.269 e. The highest BCUT2D eigenvalue weighted by molar-refractivity contribution is 6.32. The highest BCUT2D eigenvalue weighted by Crippen LogP contribution is 2.41. The molecule has 0 amide bonds. The van der Waals surface area contributed by atoms with Crippen molar-refractivity contribution in [2.45, 2.75) is 12.5 Å². The maximum absolute atomic E-state index is 11.5. The molecule has 0 saturated heterocycles. The fraction of sp³-hybridized carbons (Fsp3) is 0.167. The lowest BCUT2D eigenvalue weighted by atomic mass is 9.90. The zero-order valence-corrected chi connectivity index (χ0v) is 18.8. The molecule has 0 bridgehead atoms. The lowest BCUT2D eigenvalue weighted by molar-refractivity contribution is -0.481. The van der Waals surface area contributed by atoms with E-state index in [1.165, 1.54) is 19.2 Å². The number of nitro groups is 2. The minimum atomic E-state index is -0.568. The number of hydrogen-bond acceptors (Lipinski definition) is 6. The molecule has 174 valence electrons. The molecule has 0 spiro atoms. The lowest BCUT2D eigenvalue weighted by Gasteiger charge is -2.18. The fourth-order valence-electron chi connectivity index (χ4n) is 3.87. The summed E-state index contributed by atoms with van der Waals surface area (Å²) in [6, 6.07) is 16.9. The largest absolute Gasteiger partial charge is 0.493 e. The zero-order chi connectivity index (χ0) is 24.2. The Bertz CT molecular complexity index is 1350. The van der Waals surface area contributed by atoms with E-state index in [-0.39, 0.29) is 34.5 Å².